The molecule has 0 radical (unpaired) electrons. The minimum absolute atomic E-state index is 0.0495. The zero-order valence-corrected chi connectivity index (χ0v) is 20.6. The molecule has 2 aliphatic rings. The van der Waals surface area contributed by atoms with Crippen LogP contribution in [-0.4, -0.2) is 55.4 Å². The van der Waals surface area contributed by atoms with E-state index in [0.29, 0.717) is 24.3 Å². The summed E-state index contributed by atoms with van der Waals surface area (Å²) in [5.74, 6) is -0.554. The van der Waals surface area contributed by atoms with E-state index in [1.807, 2.05) is 55.8 Å². The number of nitrogens with two attached hydrogens (primary N) is 1. The van der Waals surface area contributed by atoms with Gasteiger partial charge in [-0.05, 0) is 24.5 Å². The van der Waals surface area contributed by atoms with E-state index in [2.05, 4.69) is 15.5 Å². The highest BCUT2D eigenvalue weighted by atomic mass is 16.6. The lowest BCUT2D eigenvalue weighted by Gasteiger charge is -2.43. The minimum atomic E-state index is -0.554. The summed E-state index contributed by atoms with van der Waals surface area (Å²) in [6, 6.07) is 11.6. The number of fused-ring (bicyclic) bond motifs is 1. The molecule has 10 heteroatoms. The van der Waals surface area contributed by atoms with Crippen LogP contribution in [0.2, 0.25) is 0 Å². The Labute approximate surface area is 214 Å². The number of primary amides is 1. The van der Waals surface area contributed by atoms with Gasteiger partial charge in [0.25, 0.3) is 5.91 Å². The maximum Gasteiger partial charge on any atom is 0.410 e. The minimum Gasteiger partial charge on any atom is -0.445 e. The summed E-state index contributed by atoms with van der Waals surface area (Å²) < 4.78 is 9.10. The van der Waals surface area contributed by atoms with E-state index in [-0.39, 0.29) is 24.2 Å². The molecule has 1 atom stereocenters. The van der Waals surface area contributed by atoms with Crippen molar-refractivity contribution < 1.29 is 14.3 Å². The highest BCUT2D eigenvalue weighted by Gasteiger charge is 2.52. The number of nitrogens with zero attached hydrogens (tertiary/aromatic N) is 5. The molecule has 1 spiro atoms. The van der Waals surface area contributed by atoms with Gasteiger partial charge in [-0.1, -0.05) is 36.8 Å². The smallest absolute Gasteiger partial charge is 0.410 e. The van der Waals surface area contributed by atoms with Crippen LogP contribution < -0.4 is 11.1 Å². The zero-order valence-electron chi connectivity index (χ0n) is 20.6. The van der Waals surface area contributed by atoms with Crippen molar-refractivity contribution in [3.8, 4) is 11.1 Å². The molecule has 1 saturated heterocycles. The number of carbonyl (C=O) groups excluding carboxylic acids is 2. The van der Waals surface area contributed by atoms with Crippen LogP contribution in [0.5, 0.6) is 0 Å². The van der Waals surface area contributed by atoms with Crippen LogP contribution >= 0.6 is 0 Å². The Kier molecular flexibility index (Phi) is 5.58. The maximum absolute atomic E-state index is 13.0. The Morgan fingerprint density at radius 1 is 1.14 bits per heavy atom. The fourth-order valence-electron chi connectivity index (χ4n) is 5.55. The van der Waals surface area contributed by atoms with E-state index in [4.69, 9.17) is 10.5 Å². The second kappa shape index (κ2) is 8.95. The number of anilines is 1. The van der Waals surface area contributed by atoms with Crippen molar-refractivity contribution in [3.63, 3.8) is 0 Å². The van der Waals surface area contributed by atoms with Gasteiger partial charge in [-0.15, -0.1) is 0 Å². The first kappa shape index (κ1) is 23.1. The highest BCUT2D eigenvalue weighted by molar-refractivity contribution is 6.02. The SMILES string of the molecule is Cn1cc(-c2cc3c(N[C@@H]4CN(C(=O)OCc5ccccc5)CC45CCC5)c(C(N)=O)cnn3c2)cn1. The first-order valence-electron chi connectivity index (χ1n) is 12.4. The van der Waals surface area contributed by atoms with Gasteiger partial charge in [0.15, 0.2) is 0 Å². The number of amides is 2. The molecule has 37 heavy (non-hydrogen) atoms. The molecule has 4 heterocycles. The Bertz CT molecular complexity index is 1470. The number of likely N-dealkylation sites (tertiary alicyclic amines) is 1. The summed E-state index contributed by atoms with van der Waals surface area (Å²) in [4.78, 5) is 27.1. The molecule has 1 aliphatic carbocycles. The average Bonchev–Trinajstić information content (AvgIpc) is 3.59. The maximum atomic E-state index is 13.0. The van der Waals surface area contributed by atoms with E-state index in [1.165, 1.54) is 6.20 Å². The van der Waals surface area contributed by atoms with Gasteiger partial charge in [-0.2, -0.15) is 10.2 Å². The van der Waals surface area contributed by atoms with Crippen molar-refractivity contribution in [2.75, 3.05) is 18.4 Å². The van der Waals surface area contributed by atoms with Crippen molar-refractivity contribution in [1.82, 2.24) is 24.3 Å². The first-order chi connectivity index (χ1) is 17.9. The summed E-state index contributed by atoms with van der Waals surface area (Å²) in [6.45, 7) is 1.34. The second-order valence-corrected chi connectivity index (χ2v) is 10.1. The van der Waals surface area contributed by atoms with E-state index in [9.17, 15) is 9.59 Å². The third-order valence-corrected chi connectivity index (χ3v) is 7.72. The van der Waals surface area contributed by atoms with E-state index >= 15 is 0 Å². The van der Waals surface area contributed by atoms with Crippen molar-refractivity contribution >= 4 is 23.2 Å². The van der Waals surface area contributed by atoms with E-state index in [1.54, 1.807) is 20.3 Å². The lowest BCUT2D eigenvalue weighted by atomic mass is 9.65. The number of nitrogens with one attached hydrogen (secondary N) is 1. The third kappa shape index (κ3) is 4.18. The predicted molar refractivity (Wildman–Crippen MR) is 138 cm³/mol. The van der Waals surface area contributed by atoms with Crippen molar-refractivity contribution in [2.24, 2.45) is 18.2 Å². The highest BCUT2D eigenvalue weighted by Crippen LogP contribution is 2.49. The monoisotopic (exact) mass is 499 g/mol. The molecule has 0 unspecified atom stereocenters. The largest absolute Gasteiger partial charge is 0.445 e. The third-order valence-electron chi connectivity index (χ3n) is 7.72. The average molecular weight is 500 g/mol. The lowest BCUT2D eigenvalue weighted by Crippen LogP contribution is -2.45. The van der Waals surface area contributed by atoms with Crippen LogP contribution in [0.25, 0.3) is 16.6 Å². The predicted octanol–water partition coefficient (Wildman–Crippen LogP) is 3.44. The van der Waals surface area contributed by atoms with Gasteiger partial charge < -0.3 is 20.7 Å². The van der Waals surface area contributed by atoms with Crippen LogP contribution in [0.4, 0.5) is 10.5 Å². The van der Waals surface area contributed by atoms with Gasteiger partial charge >= 0.3 is 6.09 Å². The van der Waals surface area contributed by atoms with Crippen LogP contribution in [0, 0.1) is 5.41 Å². The summed E-state index contributed by atoms with van der Waals surface area (Å²) in [6.07, 6.45) is 9.91. The molecule has 2 fully saturated rings. The molecule has 190 valence electrons. The molecule has 3 aromatic heterocycles. The molecule has 10 nitrogen and oxygen atoms in total. The number of hydrogen-bond acceptors (Lipinski definition) is 6. The molecule has 4 aromatic rings. The summed E-state index contributed by atoms with van der Waals surface area (Å²) in [5, 5.41) is 12.3. The standard InChI is InChI=1S/C27H29N7O3/c1-32-13-20(11-29-32)19-10-22-24(21(25(28)35)12-30-34(22)14-19)31-23-15-33(17-27(23)8-5-9-27)26(36)37-16-18-6-3-2-4-7-18/h2-4,6-7,10-14,23,31H,5,8-9,15-17H2,1H3,(H2,28,35)/t23-/m1/s1. The van der Waals surface area contributed by atoms with Gasteiger partial charge in [-0.25, -0.2) is 9.31 Å². The topological polar surface area (TPSA) is 120 Å². The fourth-order valence-corrected chi connectivity index (χ4v) is 5.55. The number of benzene rings is 1. The van der Waals surface area contributed by atoms with Gasteiger partial charge in [0.1, 0.15) is 6.61 Å². The van der Waals surface area contributed by atoms with E-state index in [0.717, 1.165) is 41.5 Å². The molecule has 2 amide bonds. The van der Waals surface area contributed by atoms with Crippen LogP contribution in [-0.2, 0) is 18.4 Å². The van der Waals surface area contributed by atoms with Gasteiger partial charge in [-0.3, -0.25) is 9.48 Å². The molecule has 6 rings (SSSR count). The molecular weight excluding hydrogens is 470 g/mol. The summed E-state index contributed by atoms with van der Waals surface area (Å²) in [7, 11) is 1.87. The Morgan fingerprint density at radius 2 is 1.95 bits per heavy atom. The normalized spacial score (nSPS) is 18.2. The molecule has 1 aliphatic heterocycles. The fraction of sp³-hybridized carbons (Fsp3) is 0.333. The van der Waals surface area contributed by atoms with Crippen molar-refractivity contribution in [2.45, 2.75) is 31.9 Å². The first-order valence-corrected chi connectivity index (χ1v) is 12.4. The molecule has 1 saturated carbocycles. The van der Waals surface area contributed by atoms with Crippen LogP contribution in [0.15, 0.2) is 61.2 Å². The Morgan fingerprint density at radius 3 is 2.62 bits per heavy atom. The zero-order chi connectivity index (χ0) is 25.6. The molecule has 3 N–H and O–H groups in total. The van der Waals surface area contributed by atoms with E-state index < -0.39 is 5.91 Å². The van der Waals surface area contributed by atoms with Crippen LogP contribution in [0.1, 0.15) is 35.2 Å². The number of aromatic nitrogens is 4. The molecule has 1 aromatic carbocycles. The number of hydrogen-bond donors (Lipinski definition) is 2. The quantitative estimate of drug-likeness (QED) is 0.419. The Balaban J connectivity index is 1.28. The number of ether oxygens (including phenoxy) is 1. The lowest BCUT2D eigenvalue weighted by molar-refractivity contribution is 0.0878. The number of rotatable bonds is 6. The van der Waals surface area contributed by atoms with Gasteiger partial charge in [0, 0.05) is 49.1 Å². The summed E-state index contributed by atoms with van der Waals surface area (Å²) >= 11 is 0. The molecular formula is C27H29N7O3. The van der Waals surface area contributed by atoms with Crippen molar-refractivity contribution in [3.05, 3.63) is 72.3 Å². The summed E-state index contributed by atoms with van der Waals surface area (Å²) in [5.41, 5.74) is 10.2. The van der Waals surface area contributed by atoms with Gasteiger partial charge in [0.05, 0.1) is 35.2 Å². The van der Waals surface area contributed by atoms with Crippen LogP contribution in [0.3, 0.4) is 0 Å². The van der Waals surface area contributed by atoms with Gasteiger partial charge in [0.2, 0.25) is 0 Å². The number of aryl methyl sites for hydroxylation is 1. The van der Waals surface area contributed by atoms with Crippen molar-refractivity contribution in [1.29, 1.82) is 0 Å². The molecule has 0 bridgehead atoms. The Hall–Kier alpha value is -4.34. The second-order valence-electron chi connectivity index (χ2n) is 10.1. The number of carbonyl (C=O) groups is 2.